The van der Waals surface area contributed by atoms with Crippen LogP contribution in [0, 0.1) is 11.8 Å². The zero-order chi connectivity index (χ0) is 30.1. The number of methoxy groups -OCH3 is 3. The van der Waals surface area contributed by atoms with E-state index >= 15 is 0 Å². The van der Waals surface area contributed by atoms with Crippen LogP contribution in [0.3, 0.4) is 0 Å². The lowest BCUT2D eigenvalue weighted by Gasteiger charge is -2.29. The molecule has 0 radical (unpaired) electrons. The molecule has 11 heteroatoms. The van der Waals surface area contributed by atoms with Crippen LogP contribution in [0.15, 0.2) is 58.6 Å². The minimum absolute atomic E-state index is 0.0801. The lowest BCUT2D eigenvalue weighted by Crippen LogP contribution is -2.37. The molecule has 2 bridgehead atoms. The van der Waals surface area contributed by atoms with E-state index in [1.165, 1.54) is 34.3 Å². The molecule has 0 spiro atoms. The smallest absolute Gasteiger partial charge is 0.405 e. The Hall–Kier alpha value is -3.54. The molecule has 1 aliphatic heterocycles. The van der Waals surface area contributed by atoms with Gasteiger partial charge in [-0.25, -0.2) is 4.79 Å². The van der Waals surface area contributed by atoms with E-state index in [4.69, 9.17) is 24.7 Å². The maximum absolute atomic E-state index is 13.3. The molecule has 220 valence electrons. The van der Waals surface area contributed by atoms with Gasteiger partial charge < -0.3 is 35.1 Å². The zero-order valence-corrected chi connectivity index (χ0v) is 24.1. The quantitative estimate of drug-likeness (QED) is 0.346. The molecule has 2 rings (SSSR count). The first kappa shape index (κ1) is 32.7. The monoisotopic (exact) mass is 560 g/mol. The molecule has 4 N–H and O–H groups in total. The Kier molecular flexibility index (Phi) is 12.0. The second-order valence-electron chi connectivity index (χ2n) is 10.1. The summed E-state index contributed by atoms with van der Waals surface area (Å²) >= 11 is 0. The van der Waals surface area contributed by atoms with Gasteiger partial charge in [-0.05, 0) is 38.2 Å². The number of allylic oxidation sites excluding steroid dienone is 4. The van der Waals surface area contributed by atoms with Crippen LogP contribution in [0.5, 0.6) is 0 Å². The molecule has 2 aliphatic rings. The number of rotatable bonds is 4. The number of amides is 2. The van der Waals surface area contributed by atoms with Crippen LogP contribution in [0.2, 0.25) is 0 Å². The molecule has 0 aromatic rings. The molecule has 0 fully saturated rings. The summed E-state index contributed by atoms with van der Waals surface area (Å²) in [5, 5.41) is 13.7. The summed E-state index contributed by atoms with van der Waals surface area (Å²) in [6.45, 7) is 6.92. The summed E-state index contributed by atoms with van der Waals surface area (Å²) in [5.74, 6) is -2.39. The number of carbonyl (C=O) groups is 4. The largest absolute Gasteiger partial charge is 0.492 e. The first-order valence-electron chi connectivity index (χ1n) is 13.0. The third-order valence-electron chi connectivity index (χ3n) is 6.95. The van der Waals surface area contributed by atoms with Crippen molar-refractivity contribution in [3.05, 3.63) is 58.6 Å². The normalized spacial score (nSPS) is 32.7. The van der Waals surface area contributed by atoms with Crippen LogP contribution in [0.25, 0.3) is 0 Å². The molecular weight excluding hydrogens is 520 g/mol. The van der Waals surface area contributed by atoms with E-state index in [2.05, 4.69) is 5.32 Å². The number of hydrogen-bond acceptors (Lipinski definition) is 9. The van der Waals surface area contributed by atoms with Crippen LogP contribution >= 0.6 is 0 Å². The number of primary amides is 1. The highest BCUT2D eigenvalue weighted by Crippen LogP contribution is 2.29. The predicted octanol–water partition coefficient (Wildman–Crippen LogP) is 2.41. The van der Waals surface area contributed by atoms with Gasteiger partial charge in [-0.3, -0.25) is 14.4 Å². The van der Waals surface area contributed by atoms with E-state index in [1.807, 2.05) is 6.92 Å². The average Bonchev–Trinajstić information content (AvgIpc) is 2.90. The summed E-state index contributed by atoms with van der Waals surface area (Å²) in [4.78, 5) is 50.6. The number of carbonyl (C=O) groups excluding carboxylic acids is 4. The summed E-state index contributed by atoms with van der Waals surface area (Å²) in [6.07, 6.45) is 3.61. The Morgan fingerprint density at radius 2 is 1.77 bits per heavy atom. The van der Waals surface area contributed by atoms with Crippen molar-refractivity contribution in [1.29, 1.82) is 0 Å². The van der Waals surface area contributed by atoms with Crippen LogP contribution < -0.4 is 11.1 Å². The topological polar surface area (TPSA) is 163 Å². The van der Waals surface area contributed by atoms with Crippen LogP contribution in [0.4, 0.5) is 4.79 Å². The fourth-order valence-electron chi connectivity index (χ4n) is 4.78. The van der Waals surface area contributed by atoms with Crippen molar-refractivity contribution in [2.75, 3.05) is 21.3 Å². The molecule has 40 heavy (non-hydrogen) atoms. The Balaban J connectivity index is 2.60. The van der Waals surface area contributed by atoms with Crippen molar-refractivity contribution in [3.8, 4) is 0 Å². The number of nitrogens with two attached hydrogens (primary N) is 1. The average molecular weight is 561 g/mol. The number of aliphatic hydroxyl groups excluding tert-OH is 1. The maximum Gasteiger partial charge on any atom is 0.405 e. The van der Waals surface area contributed by atoms with Gasteiger partial charge in [-0.1, -0.05) is 38.2 Å². The van der Waals surface area contributed by atoms with E-state index in [0.29, 0.717) is 12.0 Å². The molecule has 1 heterocycles. The molecule has 0 saturated heterocycles. The van der Waals surface area contributed by atoms with Crippen molar-refractivity contribution >= 4 is 23.6 Å². The number of ketones is 2. The number of hydrogen-bond donors (Lipinski definition) is 3. The zero-order valence-electron chi connectivity index (χ0n) is 24.1. The Morgan fingerprint density at radius 3 is 2.35 bits per heavy atom. The third-order valence-corrected chi connectivity index (χ3v) is 6.95. The minimum Gasteiger partial charge on any atom is -0.492 e. The number of Topliss-reactive ketones (excluding diaryl/α,β-unsaturated/α-hetero) is 1. The summed E-state index contributed by atoms with van der Waals surface area (Å²) in [5.41, 5.74) is 6.12. The van der Waals surface area contributed by atoms with Crippen LogP contribution in [-0.4, -0.2) is 74.4 Å². The molecule has 11 nitrogen and oxygen atoms in total. The van der Waals surface area contributed by atoms with Gasteiger partial charge >= 0.3 is 6.09 Å². The van der Waals surface area contributed by atoms with Gasteiger partial charge in [-0.15, -0.1) is 0 Å². The molecular formula is C29H40N2O9. The van der Waals surface area contributed by atoms with Crippen LogP contribution in [0.1, 0.15) is 40.5 Å². The fourth-order valence-corrected chi connectivity index (χ4v) is 4.78. The maximum atomic E-state index is 13.3. The lowest BCUT2D eigenvalue weighted by molar-refractivity contribution is -0.120. The van der Waals surface area contributed by atoms with Crippen molar-refractivity contribution in [1.82, 2.24) is 5.32 Å². The number of nitrogens with one attached hydrogen (secondary N) is 1. The van der Waals surface area contributed by atoms with Crippen molar-refractivity contribution in [2.45, 2.75) is 65.0 Å². The Bertz CT molecular complexity index is 1150. The standard InChI is InChI=1S/C29H40N2O9/c1-15-11-19-25(34)20(14-21(32)27(19)39-7)31-28(35)16(2)9-8-10-22(37-5)26(40-29(30)36)18(4)13-17(3)24(33)23(12-15)38-6/h8-10,13-15,17,22-24,26,33H,11-12H2,1-7H3,(H2,30,36)(H,31,35)/b10-8-,16-9-,18-13-. The van der Waals surface area contributed by atoms with Crippen molar-refractivity contribution < 1.29 is 43.2 Å². The van der Waals surface area contributed by atoms with E-state index in [0.717, 1.165) is 6.08 Å². The molecule has 0 saturated carbocycles. The highest BCUT2D eigenvalue weighted by atomic mass is 16.6. The van der Waals surface area contributed by atoms with E-state index < -0.39 is 53.9 Å². The lowest BCUT2D eigenvalue weighted by atomic mass is 9.85. The first-order valence-corrected chi connectivity index (χ1v) is 13.0. The van der Waals surface area contributed by atoms with Crippen molar-refractivity contribution in [3.63, 3.8) is 0 Å². The number of aliphatic hydroxyl groups is 1. The summed E-state index contributed by atoms with van der Waals surface area (Å²) in [6, 6.07) is 0. The second kappa shape index (κ2) is 14.7. The second-order valence-corrected chi connectivity index (χ2v) is 10.1. The summed E-state index contributed by atoms with van der Waals surface area (Å²) in [7, 11) is 4.21. The van der Waals surface area contributed by atoms with E-state index in [1.54, 1.807) is 32.1 Å². The first-order chi connectivity index (χ1) is 18.8. The highest BCUT2D eigenvalue weighted by molar-refractivity contribution is 6.23. The van der Waals surface area contributed by atoms with E-state index in [-0.39, 0.29) is 34.9 Å². The van der Waals surface area contributed by atoms with Gasteiger partial charge in [0.2, 0.25) is 11.6 Å². The van der Waals surface area contributed by atoms with Crippen LogP contribution in [-0.2, 0) is 33.3 Å². The van der Waals surface area contributed by atoms with Gasteiger partial charge in [0, 0.05) is 37.4 Å². The highest BCUT2D eigenvalue weighted by Gasteiger charge is 2.34. The van der Waals surface area contributed by atoms with Gasteiger partial charge in [0.05, 0.1) is 25.0 Å². The van der Waals surface area contributed by atoms with Gasteiger partial charge in [0.15, 0.2) is 11.9 Å². The van der Waals surface area contributed by atoms with Crippen molar-refractivity contribution in [2.24, 2.45) is 17.6 Å². The molecule has 6 unspecified atom stereocenters. The molecule has 0 aromatic heterocycles. The van der Waals surface area contributed by atoms with E-state index in [9.17, 15) is 24.3 Å². The number of ether oxygens (including phenoxy) is 4. The fraction of sp³-hybridized carbons (Fsp3) is 0.517. The van der Waals surface area contributed by atoms with Gasteiger partial charge in [0.1, 0.15) is 6.10 Å². The molecule has 2 amide bonds. The molecule has 1 aliphatic carbocycles. The SMILES string of the molecule is COC1=C2CC(C)CC(OC)C(O)C(C)/C=C(/C)C(OC(N)=O)C(OC)/C=C\C=C(\C)C(=O)NC(=CC1=O)C2=O. The Morgan fingerprint density at radius 1 is 1.10 bits per heavy atom. The molecule has 0 aromatic carbocycles. The summed E-state index contributed by atoms with van der Waals surface area (Å²) < 4.78 is 21.7. The molecule has 6 atom stereocenters. The Labute approximate surface area is 234 Å². The van der Waals surface area contributed by atoms with Gasteiger partial charge in [-0.2, -0.15) is 0 Å². The minimum atomic E-state index is -1.00. The number of fused-ring (bicyclic) bond motifs is 2. The van der Waals surface area contributed by atoms with Gasteiger partial charge in [0.25, 0.3) is 5.91 Å². The predicted molar refractivity (Wildman–Crippen MR) is 147 cm³/mol. The third kappa shape index (κ3) is 8.23.